The zero-order valence-corrected chi connectivity index (χ0v) is 12.4. The molecule has 0 spiro atoms. The molecule has 3 nitrogen and oxygen atoms in total. The van der Waals surface area contributed by atoms with E-state index in [0.29, 0.717) is 19.0 Å². The lowest BCUT2D eigenvalue weighted by atomic mass is 9.84. The number of nitrogens with two attached hydrogens (primary N) is 1. The maximum atomic E-state index is 12.1. The fourth-order valence-electron chi connectivity index (χ4n) is 3.05. The van der Waals surface area contributed by atoms with Gasteiger partial charge < -0.3 is 11.1 Å². The standard InChI is InChI=1S/C17H26N2O/c1-2-13-4-3-5-16(10-13)19-17(20)11-14-6-8-15(12-18)9-7-14/h6-9,13,16H,2-5,10-12,18H2,1H3,(H,19,20). The number of carbonyl (C=O) groups is 1. The van der Waals surface area contributed by atoms with Crippen LogP contribution in [0, 0.1) is 5.92 Å². The summed E-state index contributed by atoms with van der Waals surface area (Å²) in [5.74, 6) is 0.935. The molecule has 1 aliphatic carbocycles. The van der Waals surface area contributed by atoms with E-state index in [0.717, 1.165) is 29.9 Å². The van der Waals surface area contributed by atoms with Gasteiger partial charge >= 0.3 is 0 Å². The summed E-state index contributed by atoms with van der Waals surface area (Å²) in [5, 5.41) is 3.20. The van der Waals surface area contributed by atoms with Crippen LogP contribution >= 0.6 is 0 Å². The summed E-state index contributed by atoms with van der Waals surface area (Å²) < 4.78 is 0. The highest BCUT2D eigenvalue weighted by Crippen LogP contribution is 2.26. The predicted molar refractivity (Wildman–Crippen MR) is 82.2 cm³/mol. The number of hydrogen-bond donors (Lipinski definition) is 2. The van der Waals surface area contributed by atoms with Crippen molar-refractivity contribution in [3.8, 4) is 0 Å². The molecule has 0 bridgehead atoms. The fourth-order valence-corrected chi connectivity index (χ4v) is 3.05. The first-order chi connectivity index (χ1) is 9.71. The van der Waals surface area contributed by atoms with E-state index in [4.69, 9.17) is 5.73 Å². The van der Waals surface area contributed by atoms with Crippen LogP contribution in [0.3, 0.4) is 0 Å². The van der Waals surface area contributed by atoms with E-state index in [1.165, 1.54) is 19.3 Å². The first-order valence-corrected chi connectivity index (χ1v) is 7.78. The van der Waals surface area contributed by atoms with Gasteiger partial charge in [-0.15, -0.1) is 0 Å². The van der Waals surface area contributed by atoms with Gasteiger partial charge in [0.05, 0.1) is 6.42 Å². The van der Waals surface area contributed by atoms with Gasteiger partial charge in [0, 0.05) is 12.6 Å². The van der Waals surface area contributed by atoms with Crippen molar-refractivity contribution in [2.45, 2.75) is 58.0 Å². The van der Waals surface area contributed by atoms with Crippen molar-refractivity contribution < 1.29 is 4.79 Å². The third-order valence-electron chi connectivity index (χ3n) is 4.35. The Labute approximate surface area is 121 Å². The second-order valence-corrected chi connectivity index (χ2v) is 5.90. The van der Waals surface area contributed by atoms with Gasteiger partial charge in [-0.25, -0.2) is 0 Å². The number of benzene rings is 1. The molecule has 20 heavy (non-hydrogen) atoms. The van der Waals surface area contributed by atoms with Crippen LogP contribution in [0.25, 0.3) is 0 Å². The van der Waals surface area contributed by atoms with Crippen LogP contribution in [0.4, 0.5) is 0 Å². The second-order valence-electron chi connectivity index (χ2n) is 5.90. The van der Waals surface area contributed by atoms with E-state index >= 15 is 0 Å². The summed E-state index contributed by atoms with van der Waals surface area (Å²) in [6.07, 6.45) is 6.55. The largest absolute Gasteiger partial charge is 0.353 e. The lowest BCUT2D eigenvalue weighted by Crippen LogP contribution is -2.39. The zero-order chi connectivity index (χ0) is 14.4. The number of nitrogens with one attached hydrogen (secondary N) is 1. The molecular weight excluding hydrogens is 248 g/mol. The quantitative estimate of drug-likeness (QED) is 0.867. The number of amides is 1. The molecule has 0 aromatic heterocycles. The Balaban J connectivity index is 1.82. The molecule has 1 amide bonds. The topological polar surface area (TPSA) is 55.1 Å². The van der Waals surface area contributed by atoms with Crippen LogP contribution in [0.1, 0.15) is 50.2 Å². The summed E-state index contributed by atoms with van der Waals surface area (Å²) in [4.78, 5) is 12.1. The lowest BCUT2D eigenvalue weighted by Gasteiger charge is -2.29. The minimum atomic E-state index is 0.146. The van der Waals surface area contributed by atoms with Crippen molar-refractivity contribution >= 4 is 5.91 Å². The van der Waals surface area contributed by atoms with E-state index in [-0.39, 0.29) is 5.91 Å². The average molecular weight is 274 g/mol. The molecule has 1 aromatic rings. The zero-order valence-electron chi connectivity index (χ0n) is 12.4. The highest BCUT2D eigenvalue weighted by Gasteiger charge is 2.21. The van der Waals surface area contributed by atoms with Crippen molar-refractivity contribution in [1.82, 2.24) is 5.32 Å². The summed E-state index contributed by atoms with van der Waals surface area (Å²) in [7, 11) is 0. The van der Waals surface area contributed by atoms with Gasteiger partial charge in [-0.05, 0) is 29.9 Å². The molecular formula is C17H26N2O. The van der Waals surface area contributed by atoms with Crippen LogP contribution < -0.4 is 11.1 Å². The maximum Gasteiger partial charge on any atom is 0.224 e. The highest BCUT2D eigenvalue weighted by atomic mass is 16.1. The minimum Gasteiger partial charge on any atom is -0.353 e. The Morgan fingerprint density at radius 1 is 1.25 bits per heavy atom. The fraction of sp³-hybridized carbons (Fsp3) is 0.588. The molecule has 3 heteroatoms. The normalized spacial score (nSPS) is 22.5. The van der Waals surface area contributed by atoms with Crippen molar-refractivity contribution in [2.24, 2.45) is 11.7 Å². The van der Waals surface area contributed by atoms with Crippen molar-refractivity contribution in [3.05, 3.63) is 35.4 Å². The molecule has 0 heterocycles. The number of carbonyl (C=O) groups excluding carboxylic acids is 1. The lowest BCUT2D eigenvalue weighted by molar-refractivity contribution is -0.121. The van der Waals surface area contributed by atoms with Crippen LogP contribution in [0.5, 0.6) is 0 Å². The smallest absolute Gasteiger partial charge is 0.224 e. The molecule has 110 valence electrons. The third kappa shape index (κ3) is 4.34. The first kappa shape index (κ1) is 15.0. The molecule has 0 radical (unpaired) electrons. The molecule has 0 aliphatic heterocycles. The van der Waals surface area contributed by atoms with Gasteiger partial charge in [-0.2, -0.15) is 0 Å². The molecule has 2 atom stereocenters. The Morgan fingerprint density at radius 3 is 2.60 bits per heavy atom. The van der Waals surface area contributed by atoms with E-state index in [1.807, 2.05) is 24.3 Å². The van der Waals surface area contributed by atoms with E-state index in [9.17, 15) is 4.79 Å². The van der Waals surface area contributed by atoms with Crippen molar-refractivity contribution in [3.63, 3.8) is 0 Å². The molecule has 1 fully saturated rings. The monoisotopic (exact) mass is 274 g/mol. The Bertz CT molecular complexity index is 427. The SMILES string of the molecule is CCC1CCCC(NC(=O)Cc2ccc(CN)cc2)C1. The van der Waals surface area contributed by atoms with E-state index in [2.05, 4.69) is 12.2 Å². The second kappa shape index (κ2) is 7.44. The van der Waals surface area contributed by atoms with Gasteiger partial charge in [0.1, 0.15) is 0 Å². The maximum absolute atomic E-state index is 12.1. The molecule has 1 aliphatic rings. The minimum absolute atomic E-state index is 0.146. The Morgan fingerprint density at radius 2 is 1.95 bits per heavy atom. The molecule has 2 unspecified atom stereocenters. The van der Waals surface area contributed by atoms with Gasteiger partial charge in [-0.1, -0.05) is 50.5 Å². The Kier molecular flexibility index (Phi) is 5.60. The van der Waals surface area contributed by atoms with Gasteiger partial charge in [0.2, 0.25) is 5.91 Å². The average Bonchev–Trinajstić information content (AvgIpc) is 2.48. The number of rotatable bonds is 5. The summed E-state index contributed by atoms with van der Waals surface area (Å²) in [6, 6.07) is 8.37. The van der Waals surface area contributed by atoms with Crippen LogP contribution in [0.15, 0.2) is 24.3 Å². The summed E-state index contributed by atoms with van der Waals surface area (Å²) in [6.45, 7) is 2.79. The van der Waals surface area contributed by atoms with Crippen LogP contribution in [-0.2, 0) is 17.8 Å². The molecule has 2 rings (SSSR count). The highest BCUT2D eigenvalue weighted by molar-refractivity contribution is 5.78. The van der Waals surface area contributed by atoms with Crippen molar-refractivity contribution in [1.29, 1.82) is 0 Å². The van der Waals surface area contributed by atoms with Crippen LogP contribution in [0.2, 0.25) is 0 Å². The third-order valence-corrected chi connectivity index (χ3v) is 4.35. The molecule has 3 N–H and O–H groups in total. The van der Waals surface area contributed by atoms with Gasteiger partial charge in [-0.3, -0.25) is 4.79 Å². The molecule has 1 saturated carbocycles. The van der Waals surface area contributed by atoms with Gasteiger partial charge in [0.15, 0.2) is 0 Å². The Hall–Kier alpha value is -1.35. The summed E-state index contributed by atoms with van der Waals surface area (Å²) >= 11 is 0. The molecule has 1 aromatic carbocycles. The van der Waals surface area contributed by atoms with Crippen LogP contribution in [-0.4, -0.2) is 11.9 Å². The first-order valence-electron chi connectivity index (χ1n) is 7.78. The van der Waals surface area contributed by atoms with E-state index in [1.54, 1.807) is 0 Å². The number of hydrogen-bond acceptors (Lipinski definition) is 2. The van der Waals surface area contributed by atoms with Gasteiger partial charge in [0.25, 0.3) is 0 Å². The van der Waals surface area contributed by atoms with E-state index < -0.39 is 0 Å². The summed E-state index contributed by atoms with van der Waals surface area (Å²) in [5.41, 5.74) is 7.73. The molecule has 0 saturated heterocycles. The predicted octanol–water partition coefficient (Wildman–Crippen LogP) is 2.77. The van der Waals surface area contributed by atoms with Crippen molar-refractivity contribution in [2.75, 3.05) is 0 Å².